The van der Waals surface area contributed by atoms with Gasteiger partial charge < -0.3 is 14.6 Å². The van der Waals surface area contributed by atoms with E-state index in [-0.39, 0.29) is 17.1 Å². The van der Waals surface area contributed by atoms with E-state index in [0.717, 1.165) is 0 Å². The number of hydrogen-bond acceptors (Lipinski definition) is 5. The summed E-state index contributed by atoms with van der Waals surface area (Å²) < 4.78 is 10.7. The summed E-state index contributed by atoms with van der Waals surface area (Å²) in [6.45, 7) is 3.16. The van der Waals surface area contributed by atoms with Gasteiger partial charge in [0.25, 0.3) is 11.8 Å². The molecule has 2 amide bonds. The fourth-order valence-corrected chi connectivity index (χ4v) is 3.01. The summed E-state index contributed by atoms with van der Waals surface area (Å²) in [5.74, 6) is -1.58. The Hall–Kier alpha value is -4.07. The number of benzene rings is 2. The minimum Gasteiger partial charge on any atom is -0.493 e. The third-order valence-electron chi connectivity index (χ3n) is 4.30. The lowest BCUT2D eigenvalue weighted by Crippen LogP contribution is -2.35. The molecule has 2 aromatic carbocycles. The average molecular weight is 408 g/mol. The lowest BCUT2D eigenvalue weighted by Gasteiger charge is -2.15. The van der Waals surface area contributed by atoms with Crippen LogP contribution in [-0.4, -0.2) is 36.6 Å². The van der Waals surface area contributed by atoms with Crippen LogP contribution >= 0.6 is 0 Å². The minimum atomic E-state index is -1.12. The Labute approximate surface area is 173 Å². The molecule has 0 radical (unpaired) electrons. The largest absolute Gasteiger partial charge is 0.493 e. The number of para-hydroxylation sites is 1. The van der Waals surface area contributed by atoms with E-state index in [1.165, 1.54) is 18.2 Å². The molecule has 1 heterocycles. The van der Waals surface area contributed by atoms with Crippen LogP contribution in [0.15, 0.2) is 60.7 Å². The smallest absolute Gasteiger partial charge is 0.341 e. The molecular formula is C22H20N2O6. The fourth-order valence-electron chi connectivity index (χ4n) is 3.01. The third-order valence-corrected chi connectivity index (χ3v) is 4.30. The van der Waals surface area contributed by atoms with Crippen LogP contribution in [0.25, 0.3) is 6.08 Å². The first-order chi connectivity index (χ1) is 14.4. The van der Waals surface area contributed by atoms with E-state index in [0.29, 0.717) is 23.2 Å². The number of nitrogens with one attached hydrogen (secondary N) is 1. The summed E-state index contributed by atoms with van der Waals surface area (Å²) in [6.07, 6.45) is 3.46. The molecule has 2 N–H and O–H groups in total. The molecule has 0 atom stereocenters. The molecule has 0 unspecified atom stereocenters. The first-order valence-corrected chi connectivity index (χ1v) is 9.03. The highest BCUT2D eigenvalue weighted by molar-refractivity contribution is 6.31. The number of methoxy groups -OCH3 is 1. The van der Waals surface area contributed by atoms with Gasteiger partial charge in [-0.3, -0.25) is 15.0 Å². The number of aliphatic carboxylic acids is 1. The molecule has 0 saturated carbocycles. The quantitative estimate of drug-likeness (QED) is 0.395. The highest BCUT2D eigenvalue weighted by Crippen LogP contribution is 2.34. The van der Waals surface area contributed by atoms with Crippen LogP contribution in [0.2, 0.25) is 0 Å². The Kier molecular flexibility index (Phi) is 6.17. The Morgan fingerprint density at radius 3 is 2.60 bits per heavy atom. The average Bonchev–Trinajstić information content (AvgIpc) is 3.01. The Bertz CT molecular complexity index is 1030. The Morgan fingerprint density at radius 1 is 1.23 bits per heavy atom. The molecule has 0 bridgehead atoms. The normalized spacial score (nSPS) is 14.6. The zero-order chi connectivity index (χ0) is 21.7. The molecule has 1 aliphatic rings. The van der Waals surface area contributed by atoms with Crippen LogP contribution in [0.5, 0.6) is 11.5 Å². The molecule has 30 heavy (non-hydrogen) atoms. The number of nitrogens with zero attached hydrogens (tertiary/aromatic N) is 1. The number of hydrazine groups is 1. The maximum Gasteiger partial charge on any atom is 0.341 e. The topological polar surface area (TPSA) is 105 Å². The second-order valence-electron chi connectivity index (χ2n) is 6.36. The maximum atomic E-state index is 12.8. The lowest BCUT2D eigenvalue weighted by atomic mass is 10.0. The monoisotopic (exact) mass is 408 g/mol. The van der Waals surface area contributed by atoms with Gasteiger partial charge in [-0.2, -0.15) is 0 Å². The second-order valence-corrected chi connectivity index (χ2v) is 6.36. The van der Waals surface area contributed by atoms with Crippen LogP contribution in [0.1, 0.15) is 11.1 Å². The van der Waals surface area contributed by atoms with Crippen molar-refractivity contribution in [1.29, 1.82) is 0 Å². The van der Waals surface area contributed by atoms with Gasteiger partial charge in [0.05, 0.1) is 12.8 Å². The van der Waals surface area contributed by atoms with Crippen molar-refractivity contribution in [2.75, 3.05) is 18.7 Å². The number of hydrogen-bond donors (Lipinski definition) is 2. The van der Waals surface area contributed by atoms with Crippen molar-refractivity contribution in [3.05, 3.63) is 71.8 Å². The van der Waals surface area contributed by atoms with E-state index in [4.69, 9.17) is 14.6 Å². The molecule has 1 saturated heterocycles. The standard InChI is InChI=1S/C22H20N2O6/c1-3-7-15-10-14(12-18(29-2)20(15)30-13-19(25)26)11-17-21(27)23-24(22(17)28)16-8-5-4-6-9-16/h3-6,8-12H,1,7,13H2,2H3,(H,23,27)(H,25,26)/b17-11-. The minimum absolute atomic E-state index is 0.0373. The van der Waals surface area contributed by atoms with E-state index in [1.54, 1.807) is 42.5 Å². The van der Waals surface area contributed by atoms with Crippen LogP contribution in [-0.2, 0) is 20.8 Å². The number of amides is 2. The summed E-state index contributed by atoms with van der Waals surface area (Å²) in [4.78, 5) is 36.0. The molecule has 0 aromatic heterocycles. The number of anilines is 1. The fraction of sp³-hybridized carbons (Fsp3) is 0.136. The van der Waals surface area contributed by atoms with E-state index in [1.807, 2.05) is 6.07 Å². The zero-order valence-corrected chi connectivity index (χ0v) is 16.3. The third kappa shape index (κ3) is 4.33. The molecule has 1 fully saturated rings. The number of allylic oxidation sites excluding steroid dienone is 1. The van der Waals surface area contributed by atoms with Gasteiger partial charge in [0, 0.05) is 5.56 Å². The van der Waals surface area contributed by atoms with Crippen LogP contribution in [0.4, 0.5) is 5.69 Å². The van der Waals surface area contributed by atoms with Gasteiger partial charge in [-0.1, -0.05) is 24.3 Å². The number of ether oxygens (including phenoxy) is 2. The molecule has 8 heteroatoms. The molecule has 2 aromatic rings. The molecule has 154 valence electrons. The highest BCUT2D eigenvalue weighted by atomic mass is 16.5. The number of rotatable bonds is 8. The predicted molar refractivity (Wildman–Crippen MR) is 110 cm³/mol. The van der Waals surface area contributed by atoms with Crippen molar-refractivity contribution in [2.45, 2.75) is 6.42 Å². The van der Waals surface area contributed by atoms with E-state index >= 15 is 0 Å². The Morgan fingerprint density at radius 2 is 1.97 bits per heavy atom. The van der Waals surface area contributed by atoms with Gasteiger partial charge in [0.2, 0.25) is 0 Å². The van der Waals surface area contributed by atoms with Gasteiger partial charge in [0.1, 0.15) is 5.57 Å². The highest BCUT2D eigenvalue weighted by Gasteiger charge is 2.34. The van der Waals surface area contributed by atoms with Crippen molar-refractivity contribution in [3.63, 3.8) is 0 Å². The van der Waals surface area contributed by atoms with Crippen molar-refractivity contribution >= 4 is 29.5 Å². The van der Waals surface area contributed by atoms with Crippen molar-refractivity contribution in [3.8, 4) is 11.5 Å². The summed E-state index contributed by atoms with van der Waals surface area (Å²) in [5, 5.41) is 10.1. The lowest BCUT2D eigenvalue weighted by molar-refractivity contribution is -0.139. The molecule has 0 aliphatic carbocycles. The summed E-state index contributed by atoms with van der Waals surface area (Å²) in [6, 6.07) is 12.0. The van der Waals surface area contributed by atoms with Gasteiger partial charge in [-0.25, -0.2) is 9.80 Å². The summed E-state index contributed by atoms with van der Waals surface area (Å²) >= 11 is 0. The molecular weight excluding hydrogens is 388 g/mol. The summed E-state index contributed by atoms with van der Waals surface area (Å²) in [5.41, 5.74) is 4.19. The number of carboxylic acid groups (broad SMARTS) is 1. The number of carboxylic acids is 1. The predicted octanol–water partition coefficient (Wildman–Crippen LogP) is 2.35. The molecule has 0 spiro atoms. The van der Waals surface area contributed by atoms with Crippen molar-refractivity contribution in [2.24, 2.45) is 0 Å². The zero-order valence-electron chi connectivity index (χ0n) is 16.3. The molecule has 1 aliphatic heterocycles. The van der Waals surface area contributed by atoms with E-state index < -0.39 is 24.4 Å². The van der Waals surface area contributed by atoms with Gasteiger partial charge in [-0.05, 0) is 42.3 Å². The first-order valence-electron chi connectivity index (χ1n) is 9.03. The van der Waals surface area contributed by atoms with E-state index in [2.05, 4.69) is 12.0 Å². The maximum absolute atomic E-state index is 12.8. The van der Waals surface area contributed by atoms with Crippen molar-refractivity contribution < 1.29 is 29.0 Å². The Balaban J connectivity index is 1.98. The SMILES string of the molecule is C=CCc1cc(/C=C2/C(=O)NN(c3ccccc3)C2=O)cc(OC)c1OCC(=O)O. The molecule has 3 rings (SSSR count). The van der Waals surface area contributed by atoms with Gasteiger partial charge in [-0.15, -0.1) is 6.58 Å². The van der Waals surface area contributed by atoms with E-state index in [9.17, 15) is 14.4 Å². The van der Waals surface area contributed by atoms with Crippen LogP contribution in [0.3, 0.4) is 0 Å². The number of carbonyl (C=O) groups excluding carboxylic acids is 2. The second kappa shape index (κ2) is 8.95. The van der Waals surface area contributed by atoms with Gasteiger partial charge >= 0.3 is 5.97 Å². The van der Waals surface area contributed by atoms with Gasteiger partial charge in [0.15, 0.2) is 18.1 Å². The van der Waals surface area contributed by atoms with Crippen LogP contribution in [0, 0.1) is 0 Å². The number of carbonyl (C=O) groups is 3. The summed E-state index contributed by atoms with van der Waals surface area (Å²) in [7, 11) is 1.42. The first kappa shape index (κ1) is 20.7. The van der Waals surface area contributed by atoms with Crippen LogP contribution < -0.4 is 19.9 Å². The van der Waals surface area contributed by atoms with Crippen molar-refractivity contribution in [1.82, 2.24) is 5.43 Å². The molecule has 8 nitrogen and oxygen atoms in total.